The number of carbonyl (C=O) groups excluding carboxylic acids is 1. The van der Waals surface area contributed by atoms with Crippen molar-refractivity contribution < 1.29 is 9.90 Å². The van der Waals surface area contributed by atoms with Crippen molar-refractivity contribution in [3.63, 3.8) is 0 Å². The molecule has 0 radical (unpaired) electrons. The van der Waals surface area contributed by atoms with E-state index in [0.717, 1.165) is 10.4 Å². The third-order valence-electron chi connectivity index (χ3n) is 3.41. The highest BCUT2D eigenvalue weighted by Gasteiger charge is 2.21. The standard InChI is InChI=1S/C17H16ClN3O2S/c1-11(10-22)19-16(23)14-15(12-4-6-13(18)7-5-12)24-17(20-14)21-8-2-3-9-21/h2-9,11,22H,10H2,1H3,(H,19,23)/t11-/m0/s1. The molecule has 0 fully saturated rings. The molecule has 124 valence electrons. The largest absolute Gasteiger partial charge is 0.394 e. The van der Waals surface area contributed by atoms with Gasteiger partial charge in [0.1, 0.15) is 5.69 Å². The fourth-order valence-corrected chi connectivity index (χ4v) is 3.33. The van der Waals surface area contributed by atoms with Gasteiger partial charge in [-0.25, -0.2) is 4.98 Å². The summed E-state index contributed by atoms with van der Waals surface area (Å²) in [5.74, 6) is -0.309. The number of aliphatic hydroxyl groups excluding tert-OH is 1. The molecular formula is C17H16ClN3O2S. The van der Waals surface area contributed by atoms with Crippen molar-refractivity contribution in [1.82, 2.24) is 14.9 Å². The van der Waals surface area contributed by atoms with E-state index >= 15 is 0 Å². The highest BCUT2D eigenvalue weighted by atomic mass is 35.5. The summed E-state index contributed by atoms with van der Waals surface area (Å²) in [6.45, 7) is 1.61. The zero-order chi connectivity index (χ0) is 17.1. The van der Waals surface area contributed by atoms with Crippen LogP contribution in [0.3, 0.4) is 0 Å². The number of aliphatic hydroxyl groups is 1. The maximum Gasteiger partial charge on any atom is 0.271 e. The number of nitrogens with zero attached hydrogens (tertiary/aromatic N) is 2. The van der Waals surface area contributed by atoms with Crippen LogP contribution in [0, 0.1) is 0 Å². The topological polar surface area (TPSA) is 67.2 Å². The third-order valence-corrected chi connectivity index (χ3v) is 4.78. The second-order valence-corrected chi connectivity index (χ2v) is 6.74. The molecule has 0 saturated heterocycles. The number of thiazole rings is 1. The molecule has 0 aliphatic heterocycles. The Bertz CT molecular complexity index is 828. The lowest BCUT2D eigenvalue weighted by molar-refractivity contribution is 0.0918. The van der Waals surface area contributed by atoms with Crippen LogP contribution in [0.25, 0.3) is 15.6 Å². The van der Waals surface area contributed by atoms with Gasteiger partial charge < -0.3 is 15.0 Å². The van der Waals surface area contributed by atoms with E-state index in [0.29, 0.717) is 15.8 Å². The number of hydrogen-bond donors (Lipinski definition) is 2. The normalized spacial score (nSPS) is 12.1. The Hall–Kier alpha value is -2.15. The number of carbonyl (C=O) groups is 1. The molecule has 5 nitrogen and oxygen atoms in total. The van der Waals surface area contributed by atoms with Crippen LogP contribution >= 0.6 is 22.9 Å². The molecule has 2 aromatic heterocycles. The molecule has 0 aliphatic carbocycles. The summed E-state index contributed by atoms with van der Waals surface area (Å²) < 4.78 is 1.86. The van der Waals surface area contributed by atoms with E-state index in [2.05, 4.69) is 10.3 Å². The van der Waals surface area contributed by atoms with E-state index in [4.69, 9.17) is 16.7 Å². The van der Waals surface area contributed by atoms with Crippen LogP contribution in [0.15, 0.2) is 48.8 Å². The second-order valence-electron chi connectivity index (χ2n) is 5.33. The Labute approximate surface area is 148 Å². The van der Waals surface area contributed by atoms with Crippen molar-refractivity contribution in [3.8, 4) is 15.6 Å². The minimum absolute atomic E-state index is 0.128. The van der Waals surface area contributed by atoms with Gasteiger partial charge in [0, 0.05) is 23.5 Å². The number of halogens is 1. The van der Waals surface area contributed by atoms with Crippen LogP contribution in [0.5, 0.6) is 0 Å². The highest BCUT2D eigenvalue weighted by molar-refractivity contribution is 7.17. The van der Waals surface area contributed by atoms with Gasteiger partial charge in [-0.05, 0) is 36.8 Å². The maximum absolute atomic E-state index is 12.5. The fourth-order valence-electron chi connectivity index (χ4n) is 2.17. The zero-order valence-corrected chi connectivity index (χ0v) is 14.5. The Morgan fingerprint density at radius 3 is 2.62 bits per heavy atom. The van der Waals surface area contributed by atoms with Crippen molar-refractivity contribution in [3.05, 3.63) is 59.5 Å². The van der Waals surface area contributed by atoms with Gasteiger partial charge in [0.05, 0.1) is 11.5 Å². The maximum atomic E-state index is 12.5. The zero-order valence-electron chi connectivity index (χ0n) is 12.9. The van der Waals surface area contributed by atoms with Gasteiger partial charge in [0.15, 0.2) is 5.13 Å². The Balaban J connectivity index is 2.04. The molecule has 0 spiro atoms. The molecule has 2 heterocycles. The van der Waals surface area contributed by atoms with Crippen LogP contribution in [0.2, 0.25) is 5.02 Å². The van der Waals surface area contributed by atoms with E-state index in [-0.39, 0.29) is 18.6 Å². The van der Waals surface area contributed by atoms with E-state index in [1.807, 2.05) is 41.2 Å². The molecule has 3 rings (SSSR count). The van der Waals surface area contributed by atoms with Crippen LogP contribution in [-0.2, 0) is 0 Å². The molecule has 7 heteroatoms. The van der Waals surface area contributed by atoms with Gasteiger partial charge in [-0.15, -0.1) is 0 Å². The molecule has 1 amide bonds. The molecule has 0 aliphatic rings. The number of amides is 1. The Kier molecular flexibility index (Phi) is 4.99. The van der Waals surface area contributed by atoms with Gasteiger partial charge in [-0.3, -0.25) is 4.79 Å². The minimum atomic E-state index is -0.340. The average Bonchev–Trinajstić information content (AvgIpc) is 3.24. The van der Waals surface area contributed by atoms with Gasteiger partial charge in [-0.2, -0.15) is 0 Å². The summed E-state index contributed by atoms with van der Waals surface area (Å²) >= 11 is 7.38. The van der Waals surface area contributed by atoms with Crippen LogP contribution in [0.1, 0.15) is 17.4 Å². The Morgan fingerprint density at radius 2 is 2.00 bits per heavy atom. The predicted molar refractivity (Wildman–Crippen MR) is 95.9 cm³/mol. The molecule has 1 atom stereocenters. The molecule has 0 saturated carbocycles. The number of benzene rings is 1. The summed E-state index contributed by atoms with van der Waals surface area (Å²) in [5, 5.41) is 13.2. The van der Waals surface area contributed by atoms with E-state index < -0.39 is 0 Å². The van der Waals surface area contributed by atoms with Crippen molar-refractivity contribution in [2.75, 3.05) is 6.61 Å². The van der Waals surface area contributed by atoms with Crippen LogP contribution in [-0.4, -0.2) is 33.2 Å². The van der Waals surface area contributed by atoms with Crippen molar-refractivity contribution in [1.29, 1.82) is 0 Å². The summed E-state index contributed by atoms with van der Waals surface area (Å²) in [6, 6.07) is 10.7. The van der Waals surface area contributed by atoms with Crippen molar-refractivity contribution in [2.45, 2.75) is 13.0 Å². The van der Waals surface area contributed by atoms with Gasteiger partial charge >= 0.3 is 0 Å². The quantitative estimate of drug-likeness (QED) is 0.732. The molecule has 3 aromatic rings. The first-order valence-corrected chi connectivity index (χ1v) is 8.59. The summed E-state index contributed by atoms with van der Waals surface area (Å²) in [4.78, 5) is 17.8. The molecule has 0 bridgehead atoms. The van der Waals surface area contributed by atoms with Crippen LogP contribution < -0.4 is 5.32 Å². The highest BCUT2D eigenvalue weighted by Crippen LogP contribution is 2.33. The van der Waals surface area contributed by atoms with E-state index in [1.54, 1.807) is 19.1 Å². The molecule has 1 aromatic carbocycles. The number of rotatable bonds is 5. The molecule has 0 unspecified atom stereocenters. The average molecular weight is 362 g/mol. The minimum Gasteiger partial charge on any atom is -0.394 e. The lowest BCUT2D eigenvalue weighted by Crippen LogP contribution is -2.35. The molecule has 2 N–H and O–H groups in total. The summed E-state index contributed by atoms with van der Waals surface area (Å²) in [7, 11) is 0. The van der Waals surface area contributed by atoms with Crippen molar-refractivity contribution >= 4 is 28.8 Å². The van der Waals surface area contributed by atoms with Crippen molar-refractivity contribution in [2.24, 2.45) is 0 Å². The van der Waals surface area contributed by atoms with Gasteiger partial charge in [0.25, 0.3) is 5.91 Å². The lowest BCUT2D eigenvalue weighted by Gasteiger charge is -2.10. The SMILES string of the molecule is C[C@@H](CO)NC(=O)c1nc(-n2cccc2)sc1-c1ccc(Cl)cc1. The first-order valence-electron chi connectivity index (χ1n) is 7.40. The number of aromatic nitrogens is 2. The number of hydrogen-bond acceptors (Lipinski definition) is 4. The first kappa shape index (κ1) is 16.7. The monoisotopic (exact) mass is 361 g/mol. The predicted octanol–water partition coefficient (Wildman–Crippen LogP) is 3.36. The summed E-state index contributed by atoms with van der Waals surface area (Å²) in [6.07, 6.45) is 3.75. The smallest absolute Gasteiger partial charge is 0.271 e. The molecular weight excluding hydrogens is 346 g/mol. The third kappa shape index (κ3) is 3.51. The second kappa shape index (κ2) is 7.17. The first-order chi connectivity index (χ1) is 11.6. The van der Waals surface area contributed by atoms with E-state index in [1.165, 1.54) is 11.3 Å². The Morgan fingerprint density at radius 1 is 1.33 bits per heavy atom. The van der Waals surface area contributed by atoms with E-state index in [9.17, 15) is 4.79 Å². The van der Waals surface area contributed by atoms with Crippen LogP contribution in [0.4, 0.5) is 0 Å². The van der Waals surface area contributed by atoms with Gasteiger partial charge in [0.2, 0.25) is 0 Å². The molecule has 24 heavy (non-hydrogen) atoms. The fraction of sp³-hybridized carbons (Fsp3) is 0.176. The lowest BCUT2D eigenvalue weighted by atomic mass is 10.1. The number of nitrogens with one attached hydrogen (secondary N) is 1. The summed E-state index contributed by atoms with van der Waals surface area (Å²) in [5.41, 5.74) is 1.21. The van der Waals surface area contributed by atoms with Gasteiger partial charge in [-0.1, -0.05) is 35.1 Å².